The number of aryl methyl sites for hydroxylation is 1. The molecule has 1 aromatic heterocycles. The first-order chi connectivity index (χ1) is 20.8. The standard InChI is InChI=1S/C35H46N6O2/c1-6-32(42)41-20-19-40(21-28(41)15-17-36)34-29-16-18-39(31-14-10-11-25(4)33(31)24(2)3)22-30(29)37-35(38-34)43-23-26(5)27-12-8-7-9-13-27/h6,10-11,14,26-28H,1-2,7-9,12-13,15-16,18-23H2,3-5H3/t26?,28-/m0/s1. The normalized spacial score (nSPS) is 19.8. The number of allylic oxidation sites excluding steroid dienone is 1. The molecular formula is C35H46N6O2. The van der Waals surface area contributed by atoms with Crippen LogP contribution in [0.5, 0.6) is 6.01 Å². The zero-order valence-corrected chi connectivity index (χ0v) is 26.1. The Bertz CT molecular complexity index is 1390. The number of piperazine rings is 1. The van der Waals surface area contributed by atoms with Crippen molar-refractivity contribution in [1.82, 2.24) is 14.9 Å². The smallest absolute Gasteiger partial charge is 0.318 e. The summed E-state index contributed by atoms with van der Waals surface area (Å²) in [5.41, 5.74) is 6.76. The number of anilines is 2. The lowest BCUT2D eigenvalue weighted by Gasteiger charge is -2.42. The number of nitriles is 1. The van der Waals surface area contributed by atoms with Crippen LogP contribution in [-0.2, 0) is 17.8 Å². The number of benzene rings is 1. The third-order valence-electron chi connectivity index (χ3n) is 9.54. The zero-order chi connectivity index (χ0) is 30.5. The van der Waals surface area contributed by atoms with Gasteiger partial charge in [-0.3, -0.25) is 4.79 Å². The van der Waals surface area contributed by atoms with Crippen LogP contribution in [0.2, 0.25) is 0 Å². The van der Waals surface area contributed by atoms with Gasteiger partial charge in [-0.15, -0.1) is 0 Å². The van der Waals surface area contributed by atoms with E-state index in [9.17, 15) is 10.1 Å². The van der Waals surface area contributed by atoms with E-state index in [0.29, 0.717) is 50.6 Å². The van der Waals surface area contributed by atoms with Crippen LogP contribution in [0.15, 0.2) is 37.4 Å². The molecule has 8 heteroatoms. The number of amides is 1. The molecule has 1 saturated heterocycles. The van der Waals surface area contributed by atoms with Gasteiger partial charge in [-0.05, 0) is 55.4 Å². The van der Waals surface area contributed by atoms with Crippen molar-refractivity contribution in [2.24, 2.45) is 11.8 Å². The summed E-state index contributed by atoms with van der Waals surface area (Å²) in [5.74, 6) is 1.87. The summed E-state index contributed by atoms with van der Waals surface area (Å²) >= 11 is 0. The van der Waals surface area contributed by atoms with E-state index in [1.165, 1.54) is 55.0 Å². The van der Waals surface area contributed by atoms with Crippen LogP contribution in [0.1, 0.15) is 74.8 Å². The molecule has 1 saturated carbocycles. The number of carbonyl (C=O) groups is 1. The molecule has 0 spiro atoms. The Balaban J connectivity index is 1.46. The number of fused-ring (bicyclic) bond motifs is 1. The molecule has 2 fully saturated rings. The molecule has 2 aliphatic heterocycles. The van der Waals surface area contributed by atoms with Crippen LogP contribution in [0, 0.1) is 30.1 Å². The first-order valence-electron chi connectivity index (χ1n) is 15.9. The SMILES string of the molecule is C=CC(=O)N1CCN(c2nc(OCC(C)C3CCCCC3)nc3c2CCN(c2cccc(C)c2C(=C)C)C3)C[C@@H]1CC#N. The van der Waals surface area contributed by atoms with Gasteiger partial charge >= 0.3 is 6.01 Å². The number of nitrogens with zero attached hydrogens (tertiary/aromatic N) is 6. The quantitative estimate of drug-likeness (QED) is 0.331. The van der Waals surface area contributed by atoms with E-state index >= 15 is 0 Å². The molecule has 0 radical (unpaired) electrons. The van der Waals surface area contributed by atoms with Gasteiger partial charge in [0.15, 0.2) is 0 Å². The average molecular weight is 583 g/mol. The lowest BCUT2D eigenvalue weighted by molar-refractivity contribution is -0.128. The van der Waals surface area contributed by atoms with E-state index in [1.807, 2.05) is 0 Å². The zero-order valence-electron chi connectivity index (χ0n) is 26.1. The van der Waals surface area contributed by atoms with Gasteiger partial charge < -0.3 is 19.4 Å². The Kier molecular flexibility index (Phi) is 9.69. The maximum atomic E-state index is 12.6. The Morgan fingerprint density at radius 2 is 1.98 bits per heavy atom. The van der Waals surface area contributed by atoms with Crippen LogP contribution >= 0.6 is 0 Å². The topological polar surface area (TPSA) is 85.6 Å². The van der Waals surface area contributed by atoms with E-state index in [1.54, 1.807) is 4.90 Å². The number of carbonyl (C=O) groups excluding carboxylic acids is 1. The highest BCUT2D eigenvalue weighted by molar-refractivity contribution is 5.87. The number of rotatable bonds is 9. The van der Waals surface area contributed by atoms with Crippen molar-refractivity contribution in [2.45, 2.75) is 78.3 Å². The van der Waals surface area contributed by atoms with Crippen molar-refractivity contribution >= 4 is 23.0 Å². The lowest BCUT2D eigenvalue weighted by atomic mass is 9.81. The Morgan fingerprint density at radius 3 is 2.70 bits per heavy atom. The van der Waals surface area contributed by atoms with E-state index in [2.05, 4.69) is 68.0 Å². The molecule has 8 nitrogen and oxygen atoms in total. The fraction of sp³-hybridized carbons (Fsp3) is 0.543. The summed E-state index contributed by atoms with van der Waals surface area (Å²) in [4.78, 5) is 29.0. The number of hydrogen-bond acceptors (Lipinski definition) is 7. The summed E-state index contributed by atoms with van der Waals surface area (Å²) in [6.07, 6.45) is 8.88. The van der Waals surface area contributed by atoms with Gasteiger partial charge in [0.25, 0.3) is 0 Å². The minimum Gasteiger partial charge on any atom is -0.463 e. The van der Waals surface area contributed by atoms with Crippen molar-refractivity contribution in [3.05, 3.63) is 59.8 Å². The van der Waals surface area contributed by atoms with Gasteiger partial charge in [-0.25, -0.2) is 0 Å². The molecule has 1 unspecified atom stereocenters. The van der Waals surface area contributed by atoms with E-state index in [0.717, 1.165) is 35.6 Å². The minimum absolute atomic E-state index is 0.132. The van der Waals surface area contributed by atoms with Crippen molar-refractivity contribution in [3.8, 4) is 12.1 Å². The second-order valence-electron chi connectivity index (χ2n) is 12.6. The molecule has 0 bridgehead atoms. The molecule has 1 aromatic carbocycles. The molecule has 2 atom stereocenters. The van der Waals surface area contributed by atoms with Gasteiger partial charge in [0.1, 0.15) is 5.82 Å². The van der Waals surface area contributed by atoms with Gasteiger partial charge in [0, 0.05) is 43.0 Å². The van der Waals surface area contributed by atoms with Crippen LogP contribution < -0.4 is 14.5 Å². The van der Waals surface area contributed by atoms with E-state index in [4.69, 9.17) is 14.7 Å². The van der Waals surface area contributed by atoms with Gasteiger partial charge in [-0.2, -0.15) is 15.2 Å². The molecule has 0 N–H and O–H groups in total. The maximum absolute atomic E-state index is 12.6. The molecular weight excluding hydrogens is 536 g/mol. The molecule has 228 valence electrons. The van der Waals surface area contributed by atoms with Crippen LogP contribution in [-0.4, -0.2) is 59.6 Å². The summed E-state index contributed by atoms with van der Waals surface area (Å²) in [6.45, 7) is 18.2. The number of hydrogen-bond donors (Lipinski definition) is 0. The number of ether oxygens (including phenoxy) is 1. The van der Waals surface area contributed by atoms with Crippen molar-refractivity contribution in [3.63, 3.8) is 0 Å². The fourth-order valence-electron chi connectivity index (χ4n) is 7.17. The van der Waals surface area contributed by atoms with E-state index < -0.39 is 0 Å². The summed E-state index contributed by atoms with van der Waals surface area (Å²) in [7, 11) is 0. The molecule has 3 aliphatic rings. The highest BCUT2D eigenvalue weighted by Crippen LogP contribution is 2.36. The predicted octanol–water partition coefficient (Wildman–Crippen LogP) is 6.09. The molecule has 43 heavy (non-hydrogen) atoms. The maximum Gasteiger partial charge on any atom is 0.318 e. The second-order valence-corrected chi connectivity index (χ2v) is 12.6. The Labute approximate surface area is 257 Å². The van der Waals surface area contributed by atoms with Crippen LogP contribution in [0.25, 0.3) is 5.57 Å². The minimum atomic E-state index is -0.226. The predicted molar refractivity (Wildman–Crippen MR) is 172 cm³/mol. The molecule has 5 rings (SSSR count). The largest absolute Gasteiger partial charge is 0.463 e. The fourth-order valence-corrected chi connectivity index (χ4v) is 7.17. The first kappa shape index (κ1) is 30.6. The highest BCUT2D eigenvalue weighted by Gasteiger charge is 2.33. The van der Waals surface area contributed by atoms with Crippen LogP contribution in [0.4, 0.5) is 11.5 Å². The Hall–Kier alpha value is -3.86. The van der Waals surface area contributed by atoms with Gasteiger partial charge in [0.2, 0.25) is 5.91 Å². The third-order valence-corrected chi connectivity index (χ3v) is 9.54. The summed E-state index contributed by atoms with van der Waals surface area (Å²) in [6, 6.07) is 8.89. The van der Waals surface area contributed by atoms with E-state index in [-0.39, 0.29) is 18.4 Å². The van der Waals surface area contributed by atoms with Crippen LogP contribution in [0.3, 0.4) is 0 Å². The van der Waals surface area contributed by atoms with Crippen molar-refractivity contribution in [1.29, 1.82) is 5.26 Å². The second kappa shape index (κ2) is 13.6. The Morgan fingerprint density at radius 1 is 1.19 bits per heavy atom. The molecule has 3 heterocycles. The van der Waals surface area contributed by atoms with Gasteiger partial charge in [0.05, 0.1) is 37.4 Å². The molecule has 2 aromatic rings. The first-order valence-corrected chi connectivity index (χ1v) is 15.9. The average Bonchev–Trinajstić information content (AvgIpc) is 3.02. The van der Waals surface area contributed by atoms with Crippen molar-refractivity contribution < 1.29 is 9.53 Å². The summed E-state index contributed by atoms with van der Waals surface area (Å²) in [5, 5.41) is 9.54. The molecule has 1 aliphatic carbocycles. The van der Waals surface area contributed by atoms with Gasteiger partial charge in [-0.1, -0.05) is 64.3 Å². The lowest BCUT2D eigenvalue weighted by Crippen LogP contribution is -2.55. The monoisotopic (exact) mass is 582 g/mol. The number of aromatic nitrogens is 2. The van der Waals surface area contributed by atoms with Crippen molar-refractivity contribution in [2.75, 3.05) is 42.6 Å². The third kappa shape index (κ3) is 6.71. The summed E-state index contributed by atoms with van der Waals surface area (Å²) < 4.78 is 6.38. The highest BCUT2D eigenvalue weighted by atomic mass is 16.5. The molecule has 1 amide bonds.